The first-order chi connectivity index (χ1) is 14.3. The number of hydrogen-bond acceptors (Lipinski definition) is 4. The maximum atomic E-state index is 12.9. The van der Waals surface area contributed by atoms with Crippen LogP contribution in [0.3, 0.4) is 0 Å². The molecule has 0 aliphatic carbocycles. The summed E-state index contributed by atoms with van der Waals surface area (Å²) in [6, 6.07) is 8.82. The lowest BCUT2D eigenvalue weighted by Gasteiger charge is -2.35. The number of benzene rings is 1. The van der Waals surface area contributed by atoms with Crippen LogP contribution in [0.15, 0.2) is 55.1 Å². The Labute approximate surface area is 171 Å². The molecule has 3 heterocycles. The molecule has 3 aromatic rings. The van der Waals surface area contributed by atoms with Gasteiger partial charge in [0, 0.05) is 32.0 Å². The van der Waals surface area contributed by atoms with Crippen molar-refractivity contribution in [1.29, 1.82) is 0 Å². The van der Waals surface area contributed by atoms with Crippen molar-refractivity contribution in [3.8, 4) is 0 Å². The zero-order chi connectivity index (χ0) is 21.3. The van der Waals surface area contributed by atoms with Crippen LogP contribution >= 0.6 is 0 Å². The molecule has 1 aliphatic rings. The molecule has 1 aliphatic heterocycles. The zero-order valence-electron chi connectivity index (χ0n) is 16.2. The number of fused-ring (bicyclic) bond motifs is 1. The van der Waals surface area contributed by atoms with Crippen LogP contribution in [-0.2, 0) is 19.6 Å². The number of pyridine rings is 1. The molecule has 0 bridgehead atoms. The fourth-order valence-corrected chi connectivity index (χ4v) is 3.64. The summed E-state index contributed by atoms with van der Waals surface area (Å²) in [5, 5.41) is 2.92. The molecule has 6 nitrogen and oxygen atoms in total. The largest absolute Gasteiger partial charge is 0.416 e. The van der Waals surface area contributed by atoms with Crippen molar-refractivity contribution in [3.05, 3.63) is 72.1 Å². The first-order valence-corrected chi connectivity index (χ1v) is 9.46. The van der Waals surface area contributed by atoms with Crippen molar-refractivity contribution < 1.29 is 18.0 Å². The molecular weight excluding hydrogens is 395 g/mol. The average molecular weight is 415 g/mol. The number of alkyl halides is 3. The van der Waals surface area contributed by atoms with Crippen LogP contribution in [0.4, 0.5) is 24.5 Å². The summed E-state index contributed by atoms with van der Waals surface area (Å²) in [5.74, 6) is -0.172. The monoisotopic (exact) mass is 415 g/mol. The molecule has 0 saturated heterocycles. The van der Waals surface area contributed by atoms with Gasteiger partial charge in [-0.05, 0) is 48.7 Å². The van der Waals surface area contributed by atoms with E-state index in [0.717, 1.165) is 23.5 Å². The standard InChI is InChI=1S/C21H20F3N5O/c1-28-13-25-11-19(28)20(30)27-10-14-9-17-18(3-2-8-26-17)29(12-14)16-6-4-15(5-7-16)21(22,23)24/h2-8,11,13-14H,9-10,12H2,1H3,(H,27,30). The number of nitrogens with zero attached hydrogens (tertiary/aromatic N) is 4. The number of anilines is 2. The minimum Gasteiger partial charge on any atom is -0.350 e. The Morgan fingerprint density at radius 3 is 2.67 bits per heavy atom. The van der Waals surface area contributed by atoms with E-state index in [1.54, 1.807) is 30.2 Å². The molecule has 2 aromatic heterocycles. The van der Waals surface area contributed by atoms with Crippen LogP contribution in [0, 0.1) is 5.92 Å². The Kier molecular flexibility index (Phi) is 5.19. The predicted molar refractivity (Wildman–Crippen MR) is 105 cm³/mol. The quantitative estimate of drug-likeness (QED) is 0.708. The summed E-state index contributed by atoms with van der Waals surface area (Å²) >= 11 is 0. The van der Waals surface area contributed by atoms with Gasteiger partial charge < -0.3 is 14.8 Å². The molecule has 1 amide bonds. The second kappa shape index (κ2) is 7.81. The van der Waals surface area contributed by atoms with Gasteiger partial charge in [0.05, 0.1) is 29.5 Å². The van der Waals surface area contributed by atoms with Gasteiger partial charge in [-0.3, -0.25) is 9.78 Å². The predicted octanol–water partition coefficient (Wildman–Crippen LogP) is 3.57. The van der Waals surface area contributed by atoms with Crippen LogP contribution in [-0.4, -0.2) is 33.5 Å². The van der Waals surface area contributed by atoms with Gasteiger partial charge in [0.25, 0.3) is 5.91 Å². The Morgan fingerprint density at radius 1 is 1.23 bits per heavy atom. The highest BCUT2D eigenvalue weighted by Crippen LogP contribution is 2.36. The topological polar surface area (TPSA) is 63.1 Å². The Hall–Kier alpha value is -3.36. The van der Waals surface area contributed by atoms with Crippen LogP contribution in [0.5, 0.6) is 0 Å². The number of nitrogens with one attached hydrogen (secondary N) is 1. The van der Waals surface area contributed by atoms with Crippen molar-refractivity contribution in [2.75, 3.05) is 18.0 Å². The first kappa shape index (κ1) is 19.9. The lowest BCUT2D eigenvalue weighted by molar-refractivity contribution is -0.137. The van der Waals surface area contributed by atoms with E-state index in [-0.39, 0.29) is 11.8 Å². The molecule has 1 N–H and O–H groups in total. The van der Waals surface area contributed by atoms with E-state index in [9.17, 15) is 18.0 Å². The van der Waals surface area contributed by atoms with Crippen molar-refractivity contribution >= 4 is 17.3 Å². The van der Waals surface area contributed by atoms with Crippen LogP contribution in [0.25, 0.3) is 0 Å². The lowest BCUT2D eigenvalue weighted by Crippen LogP contribution is -2.40. The number of aryl methyl sites for hydroxylation is 1. The molecule has 0 saturated carbocycles. The van der Waals surface area contributed by atoms with Crippen LogP contribution in [0.1, 0.15) is 21.7 Å². The molecule has 30 heavy (non-hydrogen) atoms. The number of rotatable bonds is 4. The summed E-state index contributed by atoms with van der Waals surface area (Å²) in [4.78, 5) is 22.7. The van der Waals surface area contributed by atoms with Gasteiger partial charge >= 0.3 is 6.18 Å². The third-order valence-electron chi connectivity index (χ3n) is 5.19. The third kappa shape index (κ3) is 4.00. The smallest absolute Gasteiger partial charge is 0.350 e. The van der Waals surface area contributed by atoms with E-state index in [2.05, 4.69) is 15.3 Å². The Bertz CT molecular complexity index is 1050. The van der Waals surface area contributed by atoms with Crippen molar-refractivity contribution in [1.82, 2.24) is 19.9 Å². The summed E-state index contributed by atoms with van der Waals surface area (Å²) < 4.78 is 40.4. The minimum atomic E-state index is -4.38. The highest BCUT2D eigenvalue weighted by Gasteiger charge is 2.31. The van der Waals surface area contributed by atoms with E-state index in [0.29, 0.717) is 30.9 Å². The van der Waals surface area contributed by atoms with E-state index in [1.165, 1.54) is 18.3 Å². The van der Waals surface area contributed by atoms with Gasteiger partial charge in [-0.1, -0.05) is 0 Å². The number of hydrogen-bond donors (Lipinski definition) is 1. The Morgan fingerprint density at radius 2 is 2.00 bits per heavy atom. The lowest BCUT2D eigenvalue weighted by atomic mass is 9.95. The molecule has 1 unspecified atom stereocenters. The number of imidazole rings is 1. The molecule has 1 atom stereocenters. The van der Waals surface area contributed by atoms with E-state index in [4.69, 9.17) is 0 Å². The second-order valence-corrected chi connectivity index (χ2v) is 7.29. The SMILES string of the molecule is Cn1cncc1C(=O)NCC1Cc2ncccc2N(c2ccc(C(F)(F)F)cc2)C1. The number of aromatic nitrogens is 3. The molecular formula is C21H20F3N5O. The second-order valence-electron chi connectivity index (χ2n) is 7.29. The molecule has 4 rings (SSSR count). The van der Waals surface area contributed by atoms with Crippen molar-refractivity contribution in [3.63, 3.8) is 0 Å². The van der Waals surface area contributed by atoms with Gasteiger partial charge in [-0.15, -0.1) is 0 Å². The van der Waals surface area contributed by atoms with Crippen molar-refractivity contribution in [2.24, 2.45) is 13.0 Å². The molecule has 156 valence electrons. The van der Waals surface area contributed by atoms with Crippen LogP contribution < -0.4 is 10.2 Å². The number of amides is 1. The normalized spacial score (nSPS) is 16.3. The highest BCUT2D eigenvalue weighted by molar-refractivity contribution is 5.92. The van der Waals surface area contributed by atoms with Gasteiger partial charge in [0.15, 0.2) is 0 Å². The maximum absolute atomic E-state index is 12.9. The summed E-state index contributed by atoms with van der Waals surface area (Å²) in [6.07, 6.45) is 1.04. The maximum Gasteiger partial charge on any atom is 0.416 e. The molecule has 9 heteroatoms. The van der Waals surface area contributed by atoms with Crippen LogP contribution in [0.2, 0.25) is 0 Å². The minimum absolute atomic E-state index is 0.0480. The van der Waals surface area contributed by atoms with E-state index < -0.39 is 11.7 Å². The average Bonchev–Trinajstić information content (AvgIpc) is 3.17. The van der Waals surface area contributed by atoms with Crippen molar-refractivity contribution in [2.45, 2.75) is 12.6 Å². The van der Waals surface area contributed by atoms with Gasteiger partial charge in [-0.2, -0.15) is 13.2 Å². The number of carbonyl (C=O) groups is 1. The summed E-state index contributed by atoms with van der Waals surface area (Å²) in [7, 11) is 1.75. The summed E-state index contributed by atoms with van der Waals surface area (Å²) in [5.41, 5.74) is 2.15. The van der Waals surface area contributed by atoms with Gasteiger partial charge in [-0.25, -0.2) is 4.98 Å². The number of carbonyl (C=O) groups excluding carboxylic acids is 1. The fraction of sp³-hybridized carbons (Fsp3) is 0.286. The summed E-state index contributed by atoms with van der Waals surface area (Å²) in [6.45, 7) is 0.965. The molecule has 1 aromatic carbocycles. The number of halogens is 3. The Balaban J connectivity index is 1.54. The molecule has 0 spiro atoms. The molecule has 0 fully saturated rings. The first-order valence-electron chi connectivity index (χ1n) is 9.46. The highest BCUT2D eigenvalue weighted by atomic mass is 19.4. The third-order valence-corrected chi connectivity index (χ3v) is 5.19. The fourth-order valence-electron chi connectivity index (χ4n) is 3.64. The van der Waals surface area contributed by atoms with Gasteiger partial charge in [0.2, 0.25) is 0 Å². The van der Waals surface area contributed by atoms with Gasteiger partial charge in [0.1, 0.15) is 5.69 Å². The zero-order valence-corrected chi connectivity index (χ0v) is 16.2. The van der Waals surface area contributed by atoms with E-state index >= 15 is 0 Å². The molecule has 0 radical (unpaired) electrons. The van der Waals surface area contributed by atoms with E-state index in [1.807, 2.05) is 11.0 Å².